The van der Waals surface area contributed by atoms with Crippen LogP contribution < -0.4 is 10.6 Å². The predicted octanol–water partition coefficient (Wildman–Crippen LogP) is 5.28. The highest BCUT2D eigenvalue weighted by atomic mass is 35.5. The molecule has 0 radical (unpaired) electrons. The molecule has 6 atom stereocenters. The molecular formula is C35H30ClN5O6S. The molecule has 13 heteroatoms. The summed E-state index contributed by atoms with van der Waals surface area (Å²) in [5, 5.41) is 16.9. The van der Waals surface area contributed by atoms with Gasteiger partial charge < -0.3 is 10.8 Å². The summed E-state index contributed by atoms with van der Waals surface area (Å²) in [6.07, 6.45) is 2.17. The number of carbonyl (C=O) groups is 5. The van der Waals surface area contributed by atoms with E-state index in [0.29, 0.717) is 27.0 Å². The number of aromatic nitrogens is 2. The van der Waals surface area contributed by atoms with E-state index < -0.39 is 64.7 Å². The number of phenolic OH excluding ortho intramolecular Hbond substituents is 1. The van der Waals surface area contributed by atoms with Gasteiger partial charge in [-0.1, -0.05) is 35.4 Å². The summed E-state index contributed by atoms with van der Waals surface area (Å²) in [6, 6.07) is 12.8. The fourth-order valence-corrected chi connectivity index (χ4v) is 10.1. The number of hydrogen-bond acceptors (Lipinski definition) is 8. The number of hydrogen-bond donors (Lipinski definition) is 2. The number of allylic oxidation sites excluding steroid dienone is 2. The molecule has 3 N–H and O–H groups in total. The molecule has 1 saturated carbocycles. The number of thiophene rings is 1. The minimum Gasteiger partial charge on any atom is -0.508 e. The molecular weight excluding hydrogens is 654 g/mol. The highest BCUT2D eigenvalue weighted by Crippen LogP contribution is 2.63. The number of likely N-dealkylation sites (tertiary alicyclic amines) is 1. The van der Waals surface area contributed by atoms with Gasteiger partial charge in [0.2, 0.25) is 23.6 Å². The smallest absolute Gasteiger partial charge is 0.328 e. The fraction of sp³-hybridized carbons (Fsp3) is 0.314. The average molecular weight is 684 g/mol. The van der Waals surface area contributed by atoms with Gasteiger partial charge >= 0.3 is 6.03 Å². The van der Waals surface area contributed by atoms with Gasteiger partial charge in [-0.2, -0.15) is 10.00 Å². The Kier molecular flexibility index (Phi) is 6.58. The zero-order chi connectivity index (χ0) is 34.0. The first-order valence-corrected chi connectivity index (χ1v) is 16.8. The number of urea groups is 1. The number of amides is 6. The number of halogens is 1. The molecule has 0 spiro atoms. The first kappa shape index (κ1) is 30.5. The van der Waals surface area contributed by atoms with Gasteiger partial charge in [0.15, 0.2) is 0 Å². The maximum atomic E-state index is 14.8. The van der Waals surface area contributed by atoms with Crippen LogP contribution in [-0.2, 0) is 26.2 Å². The molecule has 6 amide bonds. The number of primary amides is 1. The monoisotopic (exact) mass is 683 g/mol. The summed E-state index contributed by atoms with van der Waals surface area (Å²) in [6.45, 7) is 3.75. The molecule has 3 fully saturated rings. The topological polar surface area (TPSA) is 156 Å². The molecule has 2 aliphatic carbocycles. The van der Waals surface area contributed by atoms with Crippen LogP contribution in [0.3, 0.4) is 0 Å². The van der Waals surface area contributed by atoms with Gasteiger partial charge in [-0.3, -0.25) is 23.9 Å². The zero-order valence-electron chi connectivity index (χ0n) is 26.1. The number of nitrogens with zero attached hydrogens (tertiary/aromatic N) is 4. The average Bonchev–Trinajstić information content (AvgIpc) is 3.71. The molecule has 4 aromatic rings. The lowest BCUT2D eigenvalue weighted by Gasteiger charge is -2.49. The molecule has 2 saturated heterocycles. The van der Waals surface area contributed by atoms with Gasteiger partial charge in [0.25, 0.3) is 0 Å². The van der Waals surface area contributed by atoms with Gasteiger partial charge in [0.1, 0.15) is 17.3 Å². The van der Waals surface area contributed by atoms with Gasteiger partial charge in [0.05, 0.1) is 28.0 Å². The van der Waals surface area contributed by atoms with Crippen LogP contribution in [0.1, 0.15) is 36.8 Å². The number of benzene rings is 2. The van der Waals surface area contributed by atoms with Crippen molar-refractivity contribution in [1.29, 1.82) is 0 Å². The Balaban J connectivity index is 1.25. The lowest BCUT2D eigenvalue weighted by atomic mass is 9.51. The molecule has 2 aliphatic heterocycles. The van der Waals surface area contributed by atoms with Crippen molar-refractivity contribution in [1.82, 2.24) is 14.7 Å². The molecule has 0 unspecified atom stereocenters. The molecule has 4 aliphatic rings. The minimum atomic E-state index is -1.30. The van der Waals surface area contributed by atoms with Crippen molar-refractivity contribution in [2.24, 2.45) is 41.9 Å². The van der Waals surface area contributed by atoms with Crippen molar-refractivity contribution in [3.8, 4) is 16.3 Å². The molecule has 4 heterocycles. The van der Waals surface area contributed by atoms with Crippen LogP contribution >= 0.6 is 22.9 Å². The minimum absolute atomic E-state index is 0.0130. The quantitative estimate of drug-likeness (QED) is 0.220. The van der Waals surface area contributed by atoms with Gasteiger partial charge in [0, 0.05) is 28.8 Å². The highest BCUT2D eigenvalue weighted by molar-refractivity contribution is 7.22. The van der Waals surface area contributed by atoms with E-state index in [-0.39, 0.29) is 18.6 Å². The van der Waals surface area contributed by atoms with Gasteiger partial charge in [-0.05, 0) is 79.5 Å². The van der Waals surface area contributed by atoms with E-state index in [1.807, 2.05) is 31.2 Å². The lowest BCUT2D eigenvalue weighted by Crippen LogP contribution is -2.49. The molecule has 48 heavy (non-hydrogen) atoms. The largest absolute Gasteiger partial charge is 0.508 e. The van der Waals surface area contributed by atoms with Crippen LogP contribution in [0.4, 0.5) is 10.6 Å². The fourth-order valence-electron chi connectivity index (χ4n) is 8.75. The Bertz CT molecular complexity index is 2190. The van der Waals surface area contributed by atoms with Crippen molar-refractivity contribution in [2.45, 2.75) is 32.6 Å². The van der Waals surface area contributed by atoms with E-state index in [9.17, 15) is 29.1 Å². The number of phenols is 1. The number of imide groups is 4. The van der Waals surface area contributed by atoms with Crippen molar-refractivity contribution in [3.63, 3.8) is 0 Å². The normalized spacial score (nSPS) is 28.2. The number of anilines is 1. The van der Waals surface area contributed by atoms with E-state index in [1.54, 1.807) is 49.6 Å². The first-order valence-electron chi connectivity index (χ1n) is 15.6. The van der Waals surface area contributed by atoms with Crippen LogP contribution in [0.2, 0.25) is 5.02 Å². The van der Waals surface area contributed by atoms with Crippen LogP contribution in [0.15, 0.2) is 60.2 Å². The second kappa shape index (κ2) is 10.3. The third-order valence-corrected chi connectivity index (χ3v) is 12.4. The highest BCUT2D eigenvalue weighted by Gasteiger charge is 2.68. The second-order valence-corrected chi connectivity index (χ2v) is 14.8. The number of fused-ring (bicyclic) bond motifs is 5. The molecule has 2 aromatic heterocycles. The number of rotatable bonds is 3. The summed E-state index contributed by atoms with van der Waals surface area (Å²) in [5.41, 5.74) is 7.07. The Morgan fingerprint density at radius 3 is 2.56 bits per heavy atom. The molecule has 8 rings (SSSR count). The van der Waals surface area contributed by atoms with E-state index in [4.69, 9.17) is 22.4 Å². The number of aromatic hydroxyl groups is 1. The molecule has 11 nitrogen and oxygen atoms in total. The third kappa shape index (κ3) is 3.99. The molecule has 0 bridgehead atoms. The molecule has 244 valence electrons. The maximum Gasteiger partial charge on any atom is 0.328 e. The van der Waals surface area contributed by atoms with Crippen LogP contribution in [0, 0.1) is 36.0 Å². The van der Waals surface area contributed by atoms with E-state index in [1.165, 1.54) is 15.6 Å². The third-order valence-electron chi connectivity index (χ3n) is 10.9. The van der Waals surface area contributed by atoms with Crippen molar-refractivity contribution < 1.29 is 29.1 Å². The standard InChI is InChI=1S/C35H30ClN5O6S/c1-15-21-12-17(36)7-10-25(21)48-29(15)24-14-26(39(3)38-24)40-31(44)23-13-22-19(8-9-20-27(22)32(45)41(30(20)43)34(37)47)28(35(23,2)33(40)46)16-5-4-6-18(42)11-16/h4-8,10-12,14,20,22-23,27-28,42H,9,13H2,1-3H3,(H2,37,47)/t20-,22+,23-,27-,28-,35+/m0/s1. The Morgan fingerprint density at radius 1 is 1.06 bits per heavy atom. The maximum absolute atomic E-state index is 14.8. The predicted molar refractivity (Wildman–Crippen MR) is 178 cm³/mol. The van der Waals surface area contributed by atoms with Crippen LogP contribution in [0.5, 0.6) is 5.75 Å². The van der Waals surface area contributed by atoms with E-state index in [2.05, 4.69) is 0 Å². The summed E-state index contributed by atoms with van der Waals surface area (Å²) in [4.78, 5) is 70.9. The first-order chi connectivity index (χ1) is 22.8. The zero-order valence-corrected chi connectivity index (χ0v) is 27.7. The summed E-state index contributed by atoms with van der Waals surface area (Å²) in [5.74, 6) is -5.79. The van der Waals surface area contributed by atoms with E-state index >= 15 is 0 Å². The van der Waals surface area contributed by atoms with Gasteiger partial charge in [-0.25, -0.2) is 9.69 Å². The SMILES string of the molecule is Cc1c(-c2cc(N3C(=O)[C@@H]4C[C@@H]5C(=CC[C@@H]6C(=O)N(C(N)=O)C(=O)[C@@H]65)[C@H](c5cccc(O)c5)[C@]4(C)C3=O)n(C)n2)sc2ccc(Cl)cc12. The Labute approximate surface area is 283 Å². The van der Waals surface area contributed by atoms with E-state index in [0.717, 1.165) is 26.1 Å². The Hall–Kier alpha value is -4.81. The van der Waals surface area contributed by atoms with Crippen molar-refractivity contribution >= 4 is 68.5 Å². The summed E-state index contributed by atoms with van der Waals surface area (Å²) in [7, 11) is 1.68. The summed E-state index contributed by atoms with van der Waals surface area (Å²) < 4.78 is 2.56. The number of carbonyl (C=O) groups excluding carboxylic acids is 5. The summed E-state index contributed by atoms with van der Waals surface area (Å²) >= 11 is 7.81. The van der Waals surface area contributed by atoms with Crippen molar-refractivity contribution in [3.05, 3.63) is 76.3 Å². The number of aryl methyl sites for hydroxylation is 2. The van der Waals surface area contributed by atoms with Crippen LogP contribution in [-0.4, -0.2) is 49.4 Å². The van der Waals surface area contributed by atoms with Crippen LogP contribution in [0.25, 0.3) is 20.7 Å². The lowest BCUT2D eigenvalue weighted by molar-refractivity contribution is -0.136. The number of nitrogens with two attached hydrogens (primary N) is 1. The second-order valence-electron chi connectivity index (χ2n) is 13.3. The van der Waals surface area contributed by atoms with Gasteiger partial charge in [-0.15, -0.1) is 11.3 Å². The Morgan fingerprint density at radius 2 is 1.83 bits per heavy atom. The molecule has 2 aromatic carbocycles. The van der Waals surface area contributed by atoms with Crippen molar-refractivity contribution in [2.75, 3.05) is 4.90 Å².